The van der Waals surface area contributed by atoms with E-state index in [0.29, 0.717) is 38.9 Å². The van der Waals surface area contributed by atoms with Crippen molar-refractivity contribution in [2.45, 2.75) is 44.6 Å². The van der Waals surface area contributed by atoms with Crippen LogP contribution in [0.15, 0.2) is 30.3 Å². The minimum atomic E-state index is -0.0193. The fraction of sp³-hybridized carbons (Fsp3) is 0.556. The van der Waals surface area contributed by atoms with Crippen LogP contribution in [0.4, 0.5) is 0 Å². The van der Waals surface area contributed by atoms with Crippen LogP contribution in [0.25, 0.3) is 0 Å². The average molecular weight is 317 g/mol. The molecule has 1 aliphatic heterocycles. The zero-order valence-electron chi connectivity index (χ0n) is 13.8. The van der Waals surface area contributed by atoms with Gasteiger partial charge in [0.05, 0.1) is 0 Å². The van der Waals surface area contributed by atoms with Crippen molar-refractivity contribution in [1.82, 2.24) is 10.2 Å². The summed E-state index contributed by atoms with van der Waals surface area (Å²) in [4.78, 5) is 25.7. The van der Waals surface area contributed by atoms with Gasteiger partial charge < -0.3 is 16.0 Å². The molecule has 5 nitrogen and oxygen atoms in total. The van der Waals surface area contributed by atoms with Gasteiger partial charge in [-0.1, -0.05) is 37.3 Å². The van der Waals surface area contributed by atoms with E-state index in [1.54, 1.807) is 0 Å². The first-order valence-electron chi connectivity index (χ1n) is 8.46. The molecule has 1 aromatic carbocycles. The van der Waals surface area contributed by atoms with Gasteiger partial charge >= 0.3 is 0 Å². The summed E-state index contributed by atoms with van der Waals surface area (Å²) in [6, 6.07) is 10.1. The van der Waals surface area contributed by atoms with E-state index in [-0.39, 0.29) is 23.8 Å². The van der Waals surface area contributed by atoms with Gasteiger partial charge in [0, 0.05) is 44.4 Å². The number of nitrogens with zero attached hydrogens (tertiary/aromatic N) is 1. The van der Waals surface area contributed by atoms with Crippen LogP contribution >= 0.6 is 0 Å². The highest BCUT2D eigenvalue weighted by molar-refractivity contribution is 5.79. The zero-order valence-corrected chi connectivity index (χ0v) is 13.8. The van der Waals surface area contributed by atoms with Crippen LogP contribution in [0, 0.1) is 0 Å². The molecule has 0 aliphatic carbocycles. The van der Waals surface area contributed by atoms with E-state index in [9.17, 15) is 9.59 Å². The van der Waals surface area contributed by atoms with Gasteiger partial charge in [-0.05, 0) is 18.4 Å². The first-order chi connectivity index (χ1) is 11.1. The number of hydrogen-bond acceptors (Lipinski definition) is 3. The van der Waals surface area contributed by atoms with E-state index in [0.717, 1.165) is 6.42 Å². The van der Waals surface area contributed by atoms with Gasteiger partial charge in [-0.2, -0.15) is 0 Å². The molecule has 1 fully saturated rings. The van der Waals surface area contributed by atoms with Crippen LogP contribution in [0.2, 0.25) is 0 Å². The van der Waals surface area contributed by atoms with Crippen LogP contribution in [0.5, 0.6) is 0 Å². The minimum absolute atomic E-state index is 0.0193. The van der Waals surface area contributed by atoms with E-state index in [2.05, 4.69) is 17.4 Å². The molecular weight excluding hydrogens is 290 g/mol. The van der Waals surface area contributed by atoms with Crippen molar-refractivity contribution in [3.63, 3.8) is 0 Å². The van der Waals surface area contributed by atoms with Crippen molar-refractivity contribution in [3.05, 3.63) is 35.9 Å². The molecular formula is C18H27N3O2. The second-order valence-corrected chi connectivity index (χ2v) is 6.18. The summed E-state index contributed by atoms with van der Waals surface area (Å²) < 4.78 is 0. The quantitative estimate of drug-likeness (QED) is 0.802. The van der Waals surface area contributed by atoms with Gasteiger partial charge in [-0.15, -0.1) is 0 Å². The largest absolute Gasteiger partial charge is 0.356 e. The van der Waals surface area contributed by atoms with E-state index in [1.165, 1.54) is 5.56 Å². The summed E-state index contributed by atoms with van der Waals surface area (Å²) in [6.07, 6.45) is 2.34. The standard InChI is InChI=1S/C18H27N3O2/c1-2-11-20-17(22)9-6-10-18(23)21-12-15(16(19)13-21)14-7-4-3-5-8-14/h3-5,7-8,15-16H,2,6,9-13,19H2,1H3,(H,20,22)/t15-,16+/m0/s1. The molecule has 2 rings (SSSR count). The van der Waals surface area contributed by atoms with Gasteiger partial charge in [0.2, 0.25) is 11.8 Å². The molecule has 0 spiro atoms. The number of nitrogens with two attached hydrogens (primary N) is 1. The summed E-state index contributed by atoms with van der Waals surface area (Å²) in [6.45, 7) is 3.99. The molecule has 0 unspecified atom stereocenters. The number of nitrogens with one attached hydrogen (secondary N) is 1. The first-order valence-corrected chi connectivity index (χ1v) is 8.46. The SMILES string of the molecule is CCCNC(=O)CCCC(=O)N1C[C@@H](N)[C@H](c2ccccc2)C1. The fourth-order valence-corrected chi connectivity index (χ4v) is 3.00. The molecule has 5 heteroatoms. The number of carbonyl (C=O) groups is 2. The number of rotatable bonds is 7. The van der Waals surface area contributed by atoms with Crippen LogP contribution in [0.1, 0.15) is 44.1 Å². The predicted octanol–water partition coefficient (Wildman–Crippen LogP) is 1.64. The maximum atomic E-state index is 12.3. The Morgan fingerprint density at radius 3 is 2.65 bits per heavy atom. The number of hydrogen-bond donors (Lipinski definition) is 2. The smallest absolute Gasteiger partial charge is 0.222 e. The second-order valence-electron chi connectivity index (χ2n) is 6.18. The fourth-order valence-electron chi connectivity index (χ4n) is 3.00. The van der Waals surface area contributed by atoms with Gasteiger partial charge in [0.1, 0.15) is 0 Å². The Balaban J connectivity index is 1.77. The Morgan fingerprint density at radius 2 is 1.96 bits per heavy atom. The second kappa shape index (κ2) is 8.67. The van der Waals surface area contributed by atoms with Crippen LogP contribution in [-0.2, 0) is 9.59 Å². The molecule has 1 heterocycles. The summed E-state index contributed by atoms with van der Waals surface area (Å²) in [5.41, 5.74) is 7.40. The van der Waals surface area contributed by atoms with E-state index < -0.39 is 0 Å². The minimum Gasteiger partial charge on any atom is -0.356 e. The zero-order chi connectivity index (χ0) is 16.7. The van der Waals surface area contributed by atoms with Crippen molar-refractivity contribution in [1.29, 1.82) is 0 Å². The Kier molecular flexibility index (Phi) is 6.59. The van der Waals surface area contributed by atoms with Crippen molar-refractivity contribution >= 4 is 11.8 Å². The highest BCUT2D eigenvalue weighted by Gasteiger charge is 2.33. The molecule has 1 saturated heterocycles. The third-order valence-corrected chi connectivity index (χ3v) is 4.31. The van der Waals surface area contributed by atoms with Gasteiger partial charge in [-0.3, -0.25) is 9.59 Å². The van der Waals surface area contributed by atoms with Gasteiger partial charge in [-0.25, -0.2) is 0 Å². The predicted molar refractivity (Wildman–Crippen MR) is 90.9 cm³/mol. The van der Waals surface area contributed by atoms with Gasteiger partial charge in [0.25, 0.3) is 0 Å². The van der Waals surface area contributed by atoms with Crippen LogP contribution < -0.4 is 11.1 Å². The summed E-state index contributed by atoms with van der Waals surface area (Å²) in [7, 11) is 0. The monoisotopic (exact) mass is 317 g/mol. The Hall–Kier alpha value is -1.88. The topological polar surface area (TPSA) is 75.4 Å². The van der Waals surface area contributed by atoms with E-state index in [4.69, 9.17) is 5.73 Å². The lowest BCUT2D eigenvalue weighted by Crippen LogP contribution is -2.32. The Bertz CT molecular complexity index is 518. The number of likely N-dealkylation sites (tertiary alicyclic amines) is 1. The summed E-state index contributed by atoms with van der Waals surface area (Å²) in [5.74, 6) is 0.329. The summed E-state index contributed by atoms with van der Waals surface area (Å²) in [5, 5.41) is 2.83. The lowest BCUT2D eigenvalue weighted by molar-refractivity contribution is -0.130. The maximum absolute atomic E-state index is 12.3. The third-order valence-electron chi connectivity index (χ3n) is 4.31. The van der Waals surface area contributed by atoms with Crippen molar-refractivity contribution in [2.24, 2.45) is 5.73 Å². The lowest BCUT2D eigenvalue weighted by atomic mass is 9.95. The lowest BCUT2D eigenvalue weighted by Gasteiger charge is -2.16. The first kappa shape index (κ1) is 17.5. The van der Waals surface area contributed by atoms with Crippen LogP contribution in [0.3, 0.4) is 0 Å². The highest BCUT2D eigenvalue weighted by Crippen LogP contribution is 2.26. The molecule has 0 saturated carbocycles. The molecule has 2 atom stereocenters. The molecule has 1 aromatic rings. The molecule has 0 bridgehead atoms. The third kappa shape index (κ3) is 5.06. The molecule has 2 amide bonds. The maximum Gasteiger partial charge on any atom is 0.222 e. The molecule has 23 heavy (non-hydrogen) atoms. The molecule has 126 valence electrons. The molecule has 3 N–H and O–H groups in total. The molecule has 1 aliphatic rings. The van der Waals surface area contributed by atoms with Crippen molar-refractivity contribution in [2.75, 3.05) is 19.6 Å². The highest BCUT2D eigenvalue weighted by atomic mass is 16.2. The number of amides is 2. The normalized spacial score (nSPS) is 20.5. The average Bonchev–Trinajstić information content (AvgIpc) is 2.95. The Morgan fingerprint density at radius 1 is 1.22 bits per heavy atom. The van der Waals surface area contributed by atoms with Gasteiger partial charge in [0.15, 0.2) is 0 Å². The van der Waals surface area contributed by atoms with Crippen molar-refractivity contribution in [3.8, 4) is 0 Å². The molecule has 0 aromatic heterocycles. The summed E-state index contributed by atoms with van der Waals surface area (Å²) >= 11 is 0. The number of benzene rings is 1. The van der Waals surface area contributed by atoms with E-state index >= 15 is 0 Å². The van der Waals surface area contributed by atoms with Crippen molar-refractivity contribution < 1.29 is 9.59 Å². The number of carbonyl (C=O) groups excluding carboxylic acids is 2. The molecule has 0 radical (unpaired) electrons. The van der Waals surface area contributed by atoms with E-state index in [1.807, 2.05) is 30.0 Å². The Labute approximate surface area is 138 Å². The van der Waals surface area contributed by atoms with Crippen LogP contribution in [-0.4, -0.2) is 42.4 Å².